The van der Waals surface area contributed by atoms with Crippen molar-refractivity contribution in [1.29, 1.82) is 0 Å². The molecule has 116 valence electrons. The molecule has 1 fully saturated rings. The number of rotatable bonds is 5. The summed E-state index contributed by atoms with van der Waals surface area (Å²) in [5, 5.41) is 0. The fourth-order valence-corrected chi connectivity index (χ4v) is 2.25. The van der Waals surface area contributed by atoms with Gasteiger partial charge in [0.2, 0.25) is 0 Å². The zero-order valence-corrected chi connectivity index (χ0v) is 12.8. The van der Waals surface area contributed by atoms with E-state index < -0.39 is 17.1 Å². The maximum Gasteiger partial charge on any atom is 0.336 e. The maximum absolute atomic E-state index is 12.6. The minimum atomic E-state index is -1.61. The van der Waals surface area contributed by atoms with Crippen LogP contribution in [0.1, 0.15) is 46.5 Å². The number of nitrogens with two attached hydrogens (primary N) is 2. The quantitative estimate of drug-likeness (QED) is 0.562. The largest absolute Gasteiger partial charge is 0.458 e. The summed E-state index contributed by atoms with van der Waals surface area (Å²) in [6.45, 7) is 6.97. The topological polar surface area (TPSA) is 98.6 Å². The zero-order valence-electron chi connectivity index (χ0n) is 12.8. The molecule has 1 atom stereocenters. The predicted octanol–water partition coefficient (Wildman–Crippen LogP) is 0.387. The van der Waals surface area contributed by atoms with Crippen LogP contribution in [0.4, 0.5) is 0 Å². The molecule has 0 radical (unpaired) electrons. The number of hydrogen-bond acceptors (Lipinski definition) is 5. The van der Waals surface area contributed by atoms with Gasteiger partial charge in [0.05, 0.1) is 0 Å². The Morgan fingerprint density at radius 2 is 1.75 bits per heavy atom. The number of carbonyl (C=O) groups is 2. The van der Waals surface area contributed by atoms with E-state index in [0.29, 0.717) is 26.1 Å². The molecule has 0 spiro atoms. The van der Waals surface area contributed by atoms with Crippen LogP contribution in [0.15, 0.2) is 0 Å². The van der Waals surface area contributed by atoms with Crippen molar-refractivity contribution in [2.45, 2.75) is 57.6 Å². The molecule has 20 heavy (non-hydrogen) atoms. The Hall–Kier alpha value is -1.14. The number of hydrogen-bond donors (Lipinski definition) is 2. The first-order valence-corrected chi connectivity index (χ1v) is 7.22. The first kappa shape index (κ1) is 16.9. The molecule has 0 saturated carbocycles. The first-order chi connectivity index (χ1) is 9.20. The SMILES string of the molecule is CC(C)(C)OC(=O)C(N)(CCCN)C(=O)N1CCCC1. The molecular weight excluding hydrogens is 258 g/mol. The smallest absolute Gasteiger partial charge is 0.336 e. The van der Waals surface area contributed by atoms with Gasteiger partial charge in [-0.15, -0.1) is 0 Å². The molecule has 0 aromatic carbocycles. The van der Waals surface area contributed by atoms with Crippen molar-refractivity contribution in [2.75, 3.05) is 19.6 Å². The predicted molar refractivity (Wildman–Crippen MR) is 76.9 cm³/mol. The number of ether oxygens (including phenoxy) is 1. The molecule has 0 aliphatic carbocycles. The van der Waals surface area contributed by atoms with E-state index in [2.05, 4.69) is 0 Å². The molecule has 0 aromatic heterocycles. The normalized spacial score (nSPS) is 18.8. The number of nitrogens with zero attached hydrogens (tertiary/aromatic N) is 1. The first-order valence-electron chi connectivity index (χ1n) is 7.22. The van der Waals surface area contributed by atoms with Gasteiger partial charge in [0.15, 0.2) is 5.54 Å². The highest BCUT2D eigenvalue weighted by Crippen LogP contribution is 2.22. The van der Waals surface area contributed by atoms with E-state index in [1.54, 1.807) is 25.7 Å². The molecule has 6 nitrogen and oxygen atoms in total. The van der Waals surface area contributed by atoms with E-state index in [4.69, 9.17) is 16.2 Å². The minimum absolute atomic E-state index is 0.216. The van der Waals surface area contributed by atoms with Crippen LogP contribution < -0.4 is 11.5 Å². The standard InChI is InChI=1S/C14H27N3O3/c1-13(2,3)20-12(19)14(16,7-6-8-15)11(18)17-9-4-5-10-17/h4-10,15-16H2,1-3H3. The minimum Gasteiger partial charge on any atom is -0.458 e. The van der Waals surface area contributed by atoms with E-state index in [1.807, 2.05) is 0 Å². The van der Waals surface area contributed by atoms with Crippen LogP contribution in [-0.4, -0.2) is 47.6 Å². The van der Waals surface area contributed by atoms with Crippen LogP contribution in [-0.2, 0) is 14.3 Å². The van der Waals surface area contributed by atoms with Gasteiger partial charge in [0.25, 0.3) is 5.91 Å². The molecule has 1 amide bonds. The Morgan fingerprint density at radius 1 is 1.20 bits per heavy atom. The van der Waals surface area contributed by atoms with Crippen LogP contribution in [0, 0.1) is 0 Å². The highest BCUT2D eigenvalue weighted by atomic mass is 16.6. The molecule has 0 aromatic rings. The molecule has 1 rings (SSSR count). The van der Waals surface area contributed by atoms with Gasteiger partial charge >= 0.3 is 5.97 Å². The average molecular weight is 285 g/mol. The van der Waals surface area contributed by atoms with Crippen molar-refractivity contribution in [3.8, 4) is 0 Å². The Balaban J connectivity index is 2.89. The van der Waals surface area contributed by atoms with Crippen LogP contribution in [0.3, 0.4) is 0 Å². The van der Waals surface area contributed by atoms with Crippen molar-refractivity contribution < 1.29 is 14.3 Å². The molecule has 1 aliphatic rings. The molecular formula is C14H27N3O3. The lowest BCUT2D eigenvalue weighted by Gasteiger charge is -2.33. The Kier molecular flexibility index (Phi) is 5.53. The van der Waals surface area contributed by atoms with Crippen molar-refractivity contribution >= 4 is 11.9 Å². The second-order valence-corrected chi connectivity index (χ2v) is 6.36. The lowest BCUT2D eigenvalue weighted by Crippen LogP contribution is -2.61. The van der Waals surface area contributed by atoms with Crippen LogP contribution >= 0.6 is 0 Å². The van der Waals surface area contributed by atoms with Crippen molar-refractivity contribution in [3.63, 3.8) is 0 Å². The Morgan fingerprint density at radius 3 is 2.20 bits per heavy atom. The fraction of sp³-hybridized carbons (Fsp3) is 0.857. The third-order valence-electron chi connectivity index (χ3n) is 3.31. The second-order valence-electron chi connectivity index (χ2n) is 6.36. The van der Waals surface area contributed by atoms with Gasteiger partial charge in [-0.1, -0.05) is 0 Å². The van der Waals surface area contributed by atoms with Crippen LogP contribution in [0.5, 0.6) is 0 Å². The summed E-state index contributed by atoms with van der Waals surface area (Å²) in [5.74, 6) is -0.993. The third kappa shape index (κ3) is 4.18. The monoisotopic (exact) mass is 285 g/mol. The summed E-state index contributed by atoms with van der Waals surface area (Å²) in [5.41, 5.74) is 9.34. The van der Waals surface area contributed by atoms with E-state index in [-0.39, 0.29) is 12.3 Å². The van der Waals surface area contributed by atoms with Gasteiger partial charge < -0.3 is 21.1 Å². The van der Waals surface area contributed by atoms with Crippen LogP contribution in [0.25, 0.3) is 0 Å². The molecule has 1 saturated heterocycles. The third-order valence-corrected chi connectivity index (χ3v) is 3.31. The molecule has 4 N–H and O–H groups in total. The highest BCUT2D eigenvalue weighted by Gasteiger charge is 2.47. The lowest BCUT2D eigenvalue weighted by atomic mass is 9.92. The number of carbonyl (C=O) groups excluding carboxylic acids is 2. The van der Waals surface area contributed by atoms with Gasteiger partial charge in [0, 0.05) is 13.1 Å². The molecule has 6 heteroatoms. The van der Waals surface area contributed by atoms with E-state index in [1.165, 1.54) is 0 Å². The van der Waals surface area contributed by atoms with Crippen molar-refractivity contribution in [3.05, 3.63) is 0 Å². The van der Waals surface area contributed by atoms with Crippen molar-refractivity contribution in [2.24, 2.45) is 11.5 Å². The summed E-state index contributed by atoms with van der Waals surface area (Å²) < 4.78 is 5.33. The molecule has 1 aliphatic heterocycles. The number of esters is 1. The van der Waals surface area contributed by atoms with Gasteiger partial charge in [-0.25, -0.2) is 4.79 Å². The maximum atomic E-state index is 12.6. The lowest BCUT2D eigenvalue weighted by molar-refractivity contribution is -0.167. The van der Waals surface area contributed by atoms with E-state index >= 15 is 0 Å². The summed E-state index contributed by atoms with van der Waals surface area (Å²) in [6, 6.07) is 0. The van der Waals surface area contributed by atoms with Gasteiger partial charge in [-0.3, -0.25) is 4.79 Å². The van der Waals surface area contributed by atoms with Gasteiger partial charge in [-0.05, 0) is 53.0 Å². The Bertz CT molecular complexity index is 359. The molecule has 1 heterocycles. The van der Waals surface area contributed by atoms with Gasteiger partial charge in [0.1, 0.15) is 5.60 Å². The van der Waals surface area contributed by atoms with Crippen LogP contribution in [0.2, 0.25) is 0 Å². The second kappa shape index (κ2) is 6.54. The van der Waals surface area contributed by atoms with Crippen molar-refractivity contribution in [1.82, 2.24) is 4.90 Å². The van der Waals surface area contributed by atoms with Gasteiger partial charge in [-0.2, -0.15) is 0 Å². The average Bonchev–Trinajstić information content (AvgIpc) is 2.86. The van der Waals surface area contributed by atoms with E-state index in [9.17, 15) is 9.59 Å². The summed E-state index contributed by atoms with van der Waals surface area (Å²) in [6.07, 6.45) is 2.63. The number of likely N-dealkylation sites (tertiary alicyclic amines) is 1. The molecule has 1 unspecified atom stereocenters. The summed E-state index contributed by atoms with van der Waals surface area (Å²) in [4.78, 5) is 26.6. The highest BCUT2D eigenvalue weighted by molar-refractivity contribution is 6.07. The summed E-state index contributed by atoms with van der Waals surface area (Å²) >= 11 is 0. The van der Waals surface area contributed by atoms with E-state index in [0.717, 1.165) is 12.8 Å². The number of amides is 1. The summed E-state index contributed by atoms with van der Waals surface area (Å²) in [7, 11) is 0. The fourth-order valence-electron chi connectivity index (χ4n) is 2.25. The Labute approximate surface area is 120 Å². The zero-order chi connectivity index (χ0) is 15.4. The molecule has 0 bridgehead atoms.